The van der Waals surface area contributed by atoms with Crippen molar-refractivity contribution in [3.8, 4) is 0 Å². The molecule has 0 saturated heterocycles. The Morgan fingerprint density at radius 2 is 2.00 bits per heavy atom. The van der Waals surface area contributed by atoms with Crippen LogP contribution < -0.4 is 5.32 Å². The Hall–Kier alpha value is -0.570. The summed E-state index contributed by atoms with van der Waals surface area (Å²) in [4.78, 5) is 2.62. The van der Waals surface area contributed by atoms with Gasteiger partial charge in [-0.15, -0.1) is 0 Å². The number of hydrogen-bond donors (Lipinski definition) is 1. The lowest BCUT2D eigenvalue weighted by Gasteiger charge is -2.29. The highest BCUT2D eigenvalue weighted by molar-refractivity contribution is 6.31. The van der Waals surface area contributed by atoms with E-state index in [4.69, 9.17) is 11.6 Å². The van der Waals surface area contributed by atoms with Crippen LogP contribution in [0.25, 0.3) is 0 Å². The minimum Gasteiger partial charge on any atom is -0.310 e. The van der Waals surface area contributed by atoms with Crippen molar-refractivity contribution in [2.75, 3.05) is 19.6 Å². The SMILES string of the molecule is CCNC(CCN(CC1CC1)C(C)C)c1ccccc1Cl. The lowest BCUT2D eigenvalue weighted by Crippen LogP contribution is -2.36. The molecule has 1 aliphatic carbocycles. The van der Waals surface area contributed by atoms with Crippen molar-refractivity contribution in [2.24, 2.45) is 5.92 Å². The van der Waals surface area contributed by atoms with E-state index in [1.54, 1.807) is 0 Å². The largest absolute Gasteiger partial charge is 0.310 e. The average Bonchev–Trinajstić information content (AvgIpc) is 3.26. The standard InChI is InChI=1S/C18H29ClN2/c1-4-20-18(16-7-5-6-8-17(16)19)11-12-21(14(2)3)13-15-9-10-15/h5-8,14-15,18,20H,4,9-13H2,1-3H3. The van der Waals surface area contributed by atoms with Crippen molar-refractivity contribution in [3.63, 3.8) is 0 Å². The molecule has 1 N–H and O–H groups in total. The van der Waals surface area contributed by atoms with Crippen LogP contribution in [-0.2, 0) is 0 Å². The third-order valence-electron chi connectivity index (χ3n) is 4.36. The maximum absolute atomic E-state index is 6.37. The highest BCUT2D eigenvalue weighted by atomic mass is 35.5. The maximum atomic E-state index is 6.37. The van der Waals surface area contributed by atoms with Crippen LogP contribution >= 0.6 is 11.6 Å². The quantitative estimate of drug-likeness (QED) is 0.722. The van der Waals surface area contributed by atoms with Crippen LogP contribution in [0, 0.1) is 5.92 Å². The zero-order valence-electron chi connectivity index (χ0n) is 13.6. The van der Waals surface area contributed by atoms with Gasteiger partial charge in [-0.3, -0.25) is 0 Å². The number of nitrogens with one attached hydrogen (secondary N) is 1. The van der Waals surface area contributed by atoms with Gasteiger partial charge in [0, 0.05) is 30.2 Å². The van der Waals surface area contributed by atoms with Gasteiger partial charge in [0.2, 0.25) is 0 Å². The molecule has 2 nitrogen and oxygen atoms in total. The Bertz CT molecular complexity index is 429. The Kier molecular flexibility index (Phi) is 6.53. The summed E-state index contributed by atoms with van der Waals surface area (Å²) in [7, 11) is 0. The molecule has 21 heavy (non-hydrogen) atoms. The summed E-state index contributed by atoms with van der Waals surface area (Å²) >= 11 is 6.37. The predicted molar refractivity (Wildman–Crippen MR) is 91.9 cm³/mol. The monoisotopic (exact) mass is 308 g/mol. The molecule has 0 amide bonds. The molecule has 118 valence electrons. The molecule has 2 rings (SSSR count). The number of nitrogens with zero attached hydrogens (tertiary/aromatic N) is 1. The molecular formula is C18H29ClN2. The topological polar surface area (TPSA) is 15.3 Å². The van der Waals surface area contributed by atoms with Gasteiger partial charge in [0.1, 0.15) is 0 Å². The van der Waals surface area contributed by atoms with Gasteiger partial charge >= 0.3 is 0 Å². The van der Waals surface area contributed by atoms with Crippen molar-refractivity contribution >= 4 is 11.6 Å². The fourth-order valence-corrected chi connectivity index (χ4v) is 3.13. The molecule has 1 fully saturated rings. The normalized spacial score (nSPS) is 16.7. The molecule has 0 aliphatic heterocycles. The molecular weight excluding hydrogens is 280 g/mol. The van der Waals surface area contributed by atoms with E-state index in [2.05, 4.69) is 43.1 Å². The molecule has 0 radical (unpaired) electrons. The Morgan fingerprint density at radius 1 is 1.29 bits per heavy atom. The number of hydrogen-bond acceptors (Lipinski definition) is 2. The van der Waals surface area contributed by atoms with E-state index in [0.29, 0.717) is 12.1 Å². The summed E-state index contributed by atoms with van der Waals surface area (Å²) in [6, 6.07) is 9.20. The minimum absolute atomic E-state index is 0.351. The summed E-state index contributed by atoms with van der Waals surface area (Å²) in [5.41, 5.74) is 1.23. The Morgan fingerprint density at radius 3 is 2.57 bits per heavy atom. The zero-order chi connectivity index (χ0) is 15.2. The number of halogens is 1. The second kappa shape index (κ2) is 8.17. The lowest BCUT2D eigenvalue weighted by molar-refractivity contribution is 0.201. The van der Waals surface area contributed by atoms with Crippen LogP contribution in [0.2, 0.25) is 5.02 Å². The molecule has 0 spiro atoms. The zero-order valence-corrected chi connectivity index (χ0v) is 14.4. The second-order valence-electron chi connectivity index (χ2n) is 6.45. The van der Waals surface area contributed by atoms with Gasteiger partial charge in [0.05, 0.1) is 0 Å². The van der Waals surface area contributed by atoms with Gasteiger partial charge in [0.15, 0.2) is 0 Å². The Balaban J connectivity index is 1.96. The van der Waals surface area contributed by atoms with Crippen LogP contribution in [-0.4, -0.2) is 30.6 Å². The Labute approximate surface area is 134 Å². The van der Waals surface area contributed by atoms with Crippen LogP contribution in [0.1, 0.15) is 51.6 Å². The van der Waals surface area contributed by atoms with Crippen molar-refractivity contribution in [1.82, 2.24) is 10.2 Å². The summed E-state index contributed by atoms with van der Waals surface area (Å²) in [5.74, 6) is 0.949. The van der Waals surface area contributed by atoms with E-state index >= 15 is 0 Å². The molecule has 0 heterocycles. The fraction of sp³-hybridized carbons (Fsp3) is 0.667. The van der Waals surface area contributed by atoms with E-state index in [1.807, 2.05) is 12.1 Å². The van der Waals surface area contributed by atoms with Gasteiger partial charge in [-0.2, -0.15) is 0 Å². The molecule has 1 saturated carbocycles. The summed E-state index contributed by atoms with van der Waals surface area (Å²) < 4.78 is 0. The lowest BCUT2D eigenvalue weighted by atomic mass is 10.0. The van der Waals surface area contributed by atoms with E-state index < -0.39 is 0 Å². The summed E-state index contributed by atoms with van der Waals surface area (Å²) in [6.45, 7) is 10.1. The molecule has 1 aromatic carbocycles. The summed E-state index contributed by atoms with van der Waals surface area (Å²) in [5, 5.41) is 4.47. The fourth-order valence-electron chi connectivity index (χ4n) is 2.86. The minimum atomic E-state index is 0.351. The highest BCUT2D eigenvalue weighted by Gasteiger charge is 2.26. The molecule has 0 aromatic heterocycles. The van der Waals surface area contributed by atoms with E-state index in [9.17, 15) is 0 Å². The first kappa shape index (κ1) is 16.8. The van der Waals surface area contributed by atoms with Crippen molar-refractivity contribution in [1.29, 1.82) is 0 Å². The number of rotatable bonds is 9. The van der Waals surface area contributed by atoms with Gasteiger partial charge in [-0.1, -0.05) is 36.7 Å². The molecule has 1 aliphatic rings. The van der Waals surface area contributed by atoms with Crippen molar-refractivity contribution in [3.05, 3.63) is 34.9 Å². The van der Waals surface area contributed by atoms with Crippen molar-refractivity contribution < 1.29 is 0 Å². The van der Waals surface area contributed by atoms with Crippen LogP contribution in [0.5, 0.6) is 0 Å². The first-order chi connectivity index (χ1) is 10.1. The summed E-state index contributed by atoms with van der Waals surface area (Å²) in [6.07, 6.45) is 3.96. The third kappa shape index (κ3) is 5.28. The molecule has 1 aromatic rings. The van der Waals surface area contributed by atoms with Crippen LogP contribution in [0.4, 0.5) is 0 Å². The van der Waals surface area contributed by atoms with Crippen LogP contribution in [0.15, 0.2) is 24.3 Å². The first-order valence-corrected chi connectivity index (χ1v) is 8.71. The molecule has 0 bridgehead atoms. The molecule has 1 atom stereocenters. The smallest absolute Gasteiger partial charge is 0.0453 e. The van der Waals surface area contributed by atoms with E-state index in [0.717, 1.165) is 30.5 Å². The highest BCUT2D eigenvalue weighted by Crippen LogP contribution is 2.31. The molecule has 1 unspecified atom stereocenters. The van der Waals surface area contributed by atoms with Gasteiger partial charge in [0.25, 0.3) is 0 Å². The first-order valence-electron chi connectivity index (χ1n) is 8.33. The second-order valence-corrected chi connectivity index (χ2v) is 6.86. The van der Waals surface area contributed by atoms with Gasteiger partial charge < -0.3 is 10.2 Å². The third-order valence-corrected chi connectivity index (χ3v) is 4.70. The van der Waals surface area contributed by atoms with Gasteiger partial charge in [-0.25, -0.2) is 0 Å². The van der Waals surface area contributed by atoms with E-state index in [-0.39, 0.29) is 0 Å². The maximum Gasteiger partial charge on any atom is 0.0453 e. The molecule has 3 heteroatoms. The van der Waals surface area contributed by atoms with Crippen LogP contribution in [0.3, 0.4) is 0 Å². The number of benzene rings is 1. The van der Waals surface area contributed by atoms with Crippen molar-refractivity contribution in [2.45, 2.75) is 52.1 Å². The van der Waals surface area contributed by atoms with E-state index in [1.165, 1.54) is 24.9 Å². The van der Waals surface area contributed by atoms with Gasteiger partial charge in [-0.05, 0) is 57.2 Å². The average molecular weight is 309 g/mol. The predicted octanol–water partition coefficient (Wildman–Crippen LogP) is 4.50.